The van der Waals surface area contributed by atoms with E-state index in [0.29, 0.717) is 0 Å². The molecule has 0 radical (unpaired) electrons. The average molecular weight is 1440 g/mol. The molecule has 0 saturated carbocycles. The Morgan fingerprint density at radius 1 is 0.222 bits per heavy atom. The van der Waals surface area contributed by atoms with E-state index in [2.05, 4.69) is 360 Å². The molecule has 6 heterocycles. The lowest BCUT2D eigenvalue weighted by molar-refractivity contribution is 0.573. The molecule has 108 heavy (non-hydrogen) atoms. The van der Waals surface area contributed by atoms with Crippen molar-refractivity contribution < 1.29 is 17.7 Å². The van der Waals surface area contributed by atoms with Gasteiger partial charge in [-0.1, -0.05) is 319 Å². The molecule has 0 unspecified atom stereocenters. The van der Waals surface area contributed by atoms with Gasteiger partial charge in [-0.15, -0.1) is 11.3 Å². The van der Waals surface area contributed by atoms with E-state index in [0.717, 1.165) is 44.7 Å². The fourth-order valence-corrected chi connectivity index (χ4v) is 15.9. The van der Waals surface area contributed by atoms with Gasteiger partial charge in [-0.25, -0.2) is 0 Å². The van der Waals surface area contributed by atoms with Crippen molar-refractivity contribution in [3.8, 4) is 5.69 Å². The Kier molecular flexibility index (Phi) is 19.9. The fraction of sp³-hybridized carbons (Fsp3) is 0.235. The summed E-state index contributed by atoms with van der Waals surface area (Å²) in [5, 5.41) is 15.2. The SMILES string of the molecule is CC(C)(C)c1ccc2c(c1)oc1ccccc12.CC(C)(C)c1ccc2oc3ccccc3c2c1.CC(C)(C)c1ccc2sc3ccccc3c2c1.CC(C)(C)c1cccc2c1c1ccccc1n2-c1ccccc1.CC(C)(C)c1cccc2c1oc1ccccc12.CC(C)(C)c1cccc2oc3ccccc3c12. The van der Waals surface area contributed by atoms with E-state index in [1.54, 1.807) is 0 Å². The van der Waals surface area contributed by atoms with Crippen molar-refractivity contribution in [1.82, 2.24) is 4.57 Å². The van der Waals surface area contributed by atoms with Crippen molar-refractivity contribution in [3.63, 3.8) is 0 Å². The van der Waals surface area contributed by atoms with Crippen LogP contribution in [0.1, 0.15) is 158 Å². The molecule has 0 aliphatic rings. The Morgan fingerprint density at radius 3 is 1.21 bits per heavy atom. The molecule has 19 rings (SSSR count). The quantitative estimate of drug-likeness (QED) is 0.164. The monoisotopic (exact) mass is 1440 g/mol. The number of thiophene rings is 1. The molecule has 5 nitrogen and oxygen atoms in total. The fourth-order valence-electron chi connectivity index (χ4n) is 14.8. The lowest BCUT2D eigenvalue weighted by atomic mass is 9.84. The number of benzene rings is 13. The number of fused-ring (bicyclic) bond motifs is 18. The van der Waals surface area contributed by atoms with E-state index in [9.17, 15) is 0 Å². The van der Waals surface area contributed by atoms with Gasteiger partial charge in [0.25, 0.3) is 0 Å². The highest BCUT2D eigenvalue weighted by molar-refractivity contribution is 7.25. The van der Waals surface area contributed by atoms with Crippen LogP contribution in [0.15, 0.2) is 303 Å². The zero-order valence-corrected chi connectivity index (χ0v) is 66.9. The van der Waals surface area contributed by atoms with Gasteiger partial charge in [0, 0.05) is 85.3 Å². The van der Waals surface area contributed by atoms with Gasteiger partial charge in [0.2, 0.25) is 0 Å². The van der Waals surface area contributed by atoms with Gasteiger partial charge < -0.3 is 22.2 Å². The summed E-state index contributed by atoms with van der Waals surface area (Å²) in [6.07, 6.45) is 0. The van der Waals surface area contributed by atoms with Gasteiger partial charge >= 0.3 is 0 Å². The summed E-state index contributed by atoms with van der Waals surface area (Å²) in [4.78, 5) is 0. The van der Waals surface area contributed by atoms with Crippen LogP contribution in [0.25, 0.3) is 135 Å². The number of nitrogens with zero attached hydrogens (tertiary/aromatic N) is 1. The zero-order valence-electron chi connectivity index (χ0n) is 66.1. The highest BCUT2D eigenvalue weighted by Crippen LogP contribution is 2.43. The maximum Gasteiger partial charge on any atom is 0.139 e. The smallest absolute Gasteiger partial charge is 0.139 e. The molecule has 6 heteroatoms. The van der Waals surface area contributed by atoms with Crippen molar-refractivity contribution in [2.24, 2.45) is 0 Å². The van der Waals surface area contributed by atoms with Crippen LogP contribution >= 0.6 is 11.3 Å². The summed E-state index contributed by atoms with van der Waals surface area (Å²) >= 11 is 1.88. The molecule has 0 atom stereocenters. The Morgan fingerprint density at radius 2 is 0.602 bits per heavy atom. The summed E-state index contributed by atoms with van der Waals surface area (Å²) < 4.78 is 28.8. The first kappa shape index (κ1) is 74.0. The first-order valence-corrected chi connectivity index (χ1v) is 38.8. The second kappa shape index (κ2) is 29.0. The summed E-state index contributed by atoms with van der Waals surface area (Å²) in [6.45, 7) is 40.4. The Bertz CT molecular complexity index is 6280. The van der Waals surface area contributed by atoms with Gasteiger partial charge in [0.15, 0.2) is 0 Å². The van der Waals surface area contributed by atoms with Crippen LogP contribution in [-0.2, 0) is 32.5 Å². The highest BCUT2D eigenvalue weighted by Gasteiger charge is 2.25. The van der Waals surface area contributed by atoms with Crippen LogP contribution in [0, 0.1) is 0 Å². The lowest BCUT2D eigenvalue weighted by Crippen LogP contribution is -2.11. The maximum atomic E-state index is 6.01. The second-order valence-corrected chi connectivity index (χ2v) is 36.0. The van der Waals surface area contributed by atoms with Crippen molar-refractivity contribution in [1.29, 1.82) is 0 Å². The van der Waals surface area contributed by atoms with Crippen molar-refractivity contribution >= 4 is 141 Å². The van der Waals surface area contributed by atoms with Crippen LogP contribution < -0.4 is 0 Å². The Balaban J connectivity index is 0.000000109. The minimum absolute atomic E-state index is 0.105. The number of hydrogen-bond acceptors (Lipinski definition) is 5. The molecular weight excluding hydrogens is 1340 g/mol. The van der Waals surface area contributed by atoms with E-state index < -0.39 is 0 Å². The zero-order chi connectivity index (χ0) is 76.2. The molecular formula is C102H101NO4S. The van der Waals surface area contributed by atoms with Gasteiger partial charge in [-0.2, -0.15) is 0 Å². The molecule has 0 saturated heterocycles. The summed E-state index contributed by atoms with van der Waals surface area (Å²) in [7, 11) is 0. The second-order valence-electron chi connectivity index (χ2n) is 34.9. The van der Waals surface area contributed by atoms with Crippen LogP contribution in [0.4, 0.5) is 0 Å². The molecule has 0 fully saturated rings. The molecule has 13 aromatic carbocycles. The third kappa shape index (κ3) is 15.1. The van der Waals surface area contributed by atoms with E-state index in [1.165, 1.54) is 124 Å². The molecule has 0 N–H and O–H groups in total. The van der Waals surface area contributed by atoms with Crippen LogP contribution in [0.3, 0.4) is 0 Å². The molecule has 19 aromatic rings. The largest absolute Gasteiger partial charge is 0.456 e. The highest BCUT2D eigenvalue weighted by atomic mass is 32.1. The Hall–Kier alpha value is -10.9. The van der Waals surface area contributed by atoms with Gasteiger partial charge in [0.05, 0.1) is 11.0 Å². The number of para-hydroxylation sites is 7. The molecule has 0 aliphatic carbocycles. The number of rotatable bonds is 1. The third-order valence-corrected chi connectivity index (χ3v) is 21.8. The summed E-state index contributed by atoms with van der Waals surface area (Å²) in [5.41, 5.74) is 20.6. The number of furan rings is 4. The number of aromatic nitrogens is 1. The van der Waals surface area contributed by atoms with Crippen LogP contribution in [0.2, 0.25) is 0 Å². The van der Waals surface area contributed by atoms with E-state index in [1.807, 2.05) is 65.9 Å². The molecule has 0 aliphatic heterocycles. The molecule has 544 valence electrons. The normalized spacial score (nSPS) is 12.4. The first-order valence-electron chi connectivity index (χ1n) is 38.0. The van der Waals surface area contributed by atoms with E-state index in [-0.39, 0.29) is 32.5 Å². The molecule has 0 amide bonds. The first-order chi connectivity index (χ1) is 51.4. The van der Waals surface area contributed by atoms with Gasteiger partial charge in [-0.05, 0) is 151 Å². The van der Waals surface area contributed by atoms with E-state index >= 15 is 0 Å². The van der Waals surface area contributed by atoms with E-state index in [4.69, 9.17) is 17.7 Å². The minimum atomic E-state index is 0.105. The van der Waals surface area contributed by atoms with Gasteiger partial charge in [0.1, 0.15) is 44.7 Å². The lowest BCUT2D eigenvalue weighted by Gasteiger charge is -2.20. The standard InChI is InChI=1S/C22H21N.4C16H16O.C16H16S/c1-22(2,3)18-13-9-15-20-21(18)17-12-7-8-14-19(17)23(20)16-10-5-4-6-11-16;1-16(2,3)13-9-6-8-12-11-7-4-5-10-14(11)17-15(12)13;1-16(2,3)12-8-6-10-14-15(12)11-7-4-5-9-13(11)17-14;1-16(2,3)11-8-9-15-13(10-11)12-6-4-5-7-14(12)17-15;1-16(2,3)11-8-9-13-12-6-4-5-7-14(12)17-15(13)10-11;1-16(2,3)11-8-9-15-13(10-11)12-6-4-5-7-14(12)17-15/h4-15H,1-3H3;5*4-10H,1-3H3. The topological polar surface area (TPSA) is 57.5 Å². The summed E-state index contributed by atoms with van der Waals surface area (Å²) in [6, 6.07) is 100. The predicted molar refractivity (Wildman–Crippen MR) is 467 cm³/mol. The summed E-state index contributed by atoms with van der Waals surface area (Å²) in [5.74, 6) is 0. The van der Waals surface area contributed by atoms with Crippen LogP contribution in [-0.4, -0.2) is 4.57 Å². The average Bonchev–Trinajstić information content (AvgIpc) is 1.57. The van der Waals surface area contributed by atoms with Crippen molar-refractivity contribution in [3.05, 3.63) is 318 Å². The maximum absolute atomic E-state index is 6.01. The third-order valence-electron chi connectivity index (χ3n) is 20.7. The van der Waals surface area contributed by atoms with Crippen molar-refractivity contribution in [2.45, 2.75) is 157 Å². The molecule has 0 spiro atoms. The van der Waals surface area contributed by atoms with Crippen LogP contribution in [0.5, 0.6) is 0 Å². The molecule has 0 bridgehead atoms. The Labute approximate surface area is 640 Å². The van der Waals surface area contributed by atoms with Gasteiger partial charge in [-0.3, -0.25) is 0 Å². The number of hydrogen-bond donors (Lipinski definition) is 0. The molecule has 6 aromatic heterocycles. The van der Waals surface area contributed by atoms with Crippen molar-refractivity contribution in [2.75, 3.05) is 0 Å². The minimum Gasteiger partial charge on any atom is -0.456 e. The predicted octanol–water partition coefficient (Wildman–Crippen LogP) is 31.0.